The number of furan rings is 1. The predicted molar refractivity (Wildman–Crippen MR) is 71.2 cm³/mol. The van der Waals surface area contributed by atoms with Crippen LogP contribution in [0.5, 0.6) is 0 Å². The minimum absolute atomic E-state index is 0.0382. The van der Waals surface area contributed by atoms with Crippen molar-refractivity contribution in [1.29, 1.82) is 0 Å². The lowest BCUT2D eigenvalue weighted by atomic mass is 10.4. The fourth-order valence-electron chi connectivity index (χ4n) is 1.68. The number of halogens is 4. The largest absolute Gasteiger partial charge is 0.451 e. The van der Waals surface area contributed by atoms with Crippen molar-refractivity contribution in [2.45, 2.75) is 12.7 Å². The lowest BCUT2D eigenvalue weighted by Gasteiger charge is -2.03. The summed E-state index contributed by atoms with van der Waals surface area (Å²) in [6, 6.07) is 2.95. The molecular formula is C11H10BrF3N4O3. The summed E-state index contributed by atoms with van der Waals surface area (Å²) < 4.78 is 44.2. The molecule has 0 aromatic carbocycles. The van der Waals surface area contributed by atoms with Crippen LogP contribution in [0.25, 0.3) is 0 Å². The molecule has 0 aliphatic carbocycles. The molecule has 2 aromatic rings. The van der Waals surface area contributed by atoms with Crippen LogP contribution < -0.4 is 11.0 Å². The van der Waals surface area contributed by atoms with Gasteiger partial charge in [-0.2, -0.15) is 13.2 Å². The zero-order valence-corrected chi connectivity index (χ0v) is 12.7. The second kappa shape index (κ2) is 5.99. The van der Waals surface area contributed by atoms with Crippen LogP contribution in [0.15, 0.2) is 26.0 Å². The molecule has 0 aliphatic rings. The molecule has 7 nitrogen and oxygen atoms in total. The van der Waals surface area contributed by atoms with Crippen molar-refractivity contribution >= 4 is 21.8 Å². The van der Waals surface area contributed by atoms with Crippen molar-refractivity contribution < 1.29 is 22.4 Å². The first-order valence-electron chi connectivity index (χ1n) is 5.94. The Labute approximate surface area is 129 Å². The average molecular weight is 383 g/mol. The van der Waals surface area contributed by atoms with Crippen LogP contribution in [-0.4, -0.2) is 26.8 Å². The quantitative estimate of drug-likeness (QED) is 0.865. The molecule has 22 heavy (non-hydrogen) atoms. The Morgan fingerprint density at radius 3 is 2.64 bits per heavy atom. The maximum Gasteiger partial charge on any atom is 0.451 e. The number of amides is 1. The smallest absolute Gasteiger partial charge is 0.444 e. The number of hydrogen-bond acceptors (Lipinski definition) is 4. The monoisotopic (exact) mass is 382 g/mol. The van der Waals surface area contributed by atoms with Crippen molar-refractivity contribution in [3.63, 3.8) is 0 Å². The number of hydrogen-bond donors (Lipinski definition) is 1. The SMILES string of the molecule is Cn1c(C(F)(F)F)nn(CCNC(=O)c2ccc(Br)o2)c1=O. The molecule has 120 valence electrons. The Morgan fingerprint density at radius 1 is 1.45 bits per heavy atom. The third-order valence-corrected chi connectivity index (χ3v) is 3.13. The zero-order chi connectivity index (χ0) is 16.5. The Balaban J connectivity index is 2.01. The van der Waals surface area contributed by atoms with Gasteiger partial charge in [0.05, 0.1) is 6.54 Å². The van der Waals surface area contributed by atoms with Gasteiger partial charge in [0.25, 0.3) is 5.91 Å². The molecule has 1 amide bonds. The number of carbonyl (C=O) groups excluding carboxylic acids is 1. The summed E-state index contributed by atoms with van der Waals surface area (Å²) in [6.07, 6.45) is -4.72. The van der Waals surface area contributed by atoms with Gasteiger partial charge in [0.2, 0.25) is 5.82 Å². The number of nitrogens with one attached hydrogen (secondary N) is 1. The predicted octanol–water partition coefficient (Wildman–Crippen LogP) is 1.39. The highest BCUT2D eigenvalue weighted by Gasteiger charge is 2.37. The minimum atomic E-state index is -4.72. The molecule has 2 heterocycles. The molecule has 0 spiro atoms. The summed E-state index contributed by atoms with van der Waals surface area (Å²) in [6.45, 7) is -0.276. The van der Waals surface area contributed by atoms with E-state index in [2.05, 4.69) is 26.3 Å². The van der Waals surface area contributed by atoms with E-state index in [1.807, 2.05) is 0 Å². The topological polar surface area (TPSA) is 82.1 Å². The van der Waals surface area contributed by atoms with E-state index < -0.39 is 23.6 Å². The average Bonchev–Trinajstić information content (AvgIpc) is 2.96. The lowest BCUT2D eigenvalue weighted by molar-refractivity contribution is -0.147. The Bertz CT molecular complexity index is 747. The van der Waals surface area contributed by atoms with Crippen LogP contribution in [0.2, 0.25) is 0 Å². The molecule has 11 heteroatoms. The number of rotatable bonds is 4. The molecule has 0 fully saturated rings. The van der Waals surface area contributed by atoms with Gasteiger partial charge in [0, 0.05) is 13.6 Å². The Morgan fingerprint density at radius 2 is 2.14 bits per heavy atom. The molecule has 0 bridgehead atoms. The first-order chi connectivity index (χ1) is 10.2. The van der Waals surface area contributed by atoms with E-state index in [-0.39, 0.29) is 18.8 Å². The molecule has 0 aliphatic heterocycles. The lowest BCUT2D eigenvalue weighted by Crippen LogP contribution is -2.31. The fourth-order valence-corrected chi connectivity index (χ4v) is 1.99. The van der Waals surface area contributed by atoms with Crippen molar-refractivity contribution in [3.05, 3.63) is 38.9 Å². The number of aromatic nitrogens is 3. The van der Waals surface area contributed by atoms with E-state index in [0.717, 1.165) is 7.05 Å². The van der Waals surface area contributed by atoms with Crippen molar-refractivity contribution in [3.8, 4) is 0 Å². The van der Waals surface area contributed by atoms with E-state index >= 15 is 0 Å². The highest BCUT2D eigenvalue weighted by molar-refractivity contribution is 9.10. The maximum atomic E-state index is 12.6. The normalized spacial score (nSPS) is 11.7. The maximum absolute atomic E-state index is 12.6. The van der Waals surface area contributed by atoms with Gasteiger partial charge >= 0.3 is 11.9 Å². The Hall–Kier alpha value is -2.04. The van der Waals surface area contributed by atoms with E-state index in [0.29, 0.717) is 13.9 Å². The van der Waals surface area contributed by atoms with E-state index in [4.69, 9.17) is 4.42 Å². The summed E-state index contributed by atoms with van der Waals surface area (Å²) in [4.78, 5) is 23.3. The third-order valence-electron chi connectivity index (χ3n) is 2.70. The van der Waals surface area contributed by atoms with Crippen molar-refractivity contribution in [2.24, 2.45) is 7.05 Å². The summed E-state index contributed by atoms with van der Waals surface area (Å²) in [5.74, 6) is -1.80. The molecule has 2 aromatic heterocycles. The summed E-state index contributed by atoms with van der Waals surface area (Å²) in [5, 5.41) is 5.63. The van der Waals surface area contributed by atoms with Crippen LogP contribution in [0.4, 0.5) is 13.2 Å². The molecule has 0 unspecified atom stereocenters. The molecule has 1 N–H and O–H groups in total. The minimum Gasteiger partial charge on any atom is -0.444 e. The summed E-state index contributed by atoms with van der Waals surface area (Å²) in [5.41, 5.74) is -0.915. The van der Waals surface area contributed by atoms with Crippen LogP contribution in [-0.2, 0) is 19.8 Å². The van der Waals surface area contributed by atoms with Crippen molar-refractivity contribution in [1.82, 2.24) is 19.7 Å². The molecule has 2 rings (SSSR count). The van der Waals surface area contributed by atoms with Gasteiger partial charge in [0.15, 0.2) is 10.4 Å². The highest BCUT2D eigenvalue weighted by atomic mass is 79.9. The molecule has 0 saturated carbocycles. The second-order valence-electron chi connectivity index (χ2n) is 4.25. The molecule has 0 radical (unpaired) electrons. The fraction of sp³-hybridized carbons (Fsp3) is 0.364. The van der Waals surface area contributed by atoms with Gasteiger partial charge in [0.1, 0.15) is 0 Å². The highest BCUT2D eigenvalue weighted by Crippen LogP contribution is 2.25. The van der Waals surface area contributed by atoms with Gasteiger partial charge in [-0.3, -0.25) is 9.36 Å². The number of carbonyl (C=O) groups is 1. The first kappa shape index (κ1) is 16.3. The number of alkyl halides is 3. The molecule has 0 saturated heterocycles. The van der Waals surface area contributed by atoms with Gasteiger partial charge < -0.3 is 9.73 Å². The van der Waals surface area contributed by atoms with E-state index in [9.17, 15) is 22.8 Å². The van der Waals surface area contributed by atoms with E-state index in [1.54, 1.807) is 0 Å². The van der Waals surface area contributed by atoms with Crippen LogP contribution in [0.1, 0.15) is 16.4 Å². The van der Waals surface area contributed by atoms with Gasteiger partial charge in [-0.25, -0.2) is 9.48 Å². The van der Waals surface area contributed by atoms with Crippen LogP contribution in [0.3, 0.4) is 0 Å². The third kappa shape index (κ3) is 3.40. The standard InChI is InChI=1S/C11H10BrF3N4O3/c1-18-9(11(13,14)15)17-19(10(18)21)5-4-16-8(20)6-2-3-7(12)22-6/h2-3H,4-5H2,1H3,(H,16,20). The first-order valence-corrected chi connectivity index (χ1v) is 6.74. The van der Waals surface area contributed by atoms with E-state index in [1.165, 1.54) is 12.1 Å². The molecular weight excluding hydrogens is 373 g/mol. The molecule has 0 atom stereocenters. The van der Waals surface area contributed by atoms with Gasteiger partial charge in [-0.1, -0.05) is 0 Å². The summed E-state index contributed by atoms with van der Waals surface area (Å²) >= 11 is 3.03. The Kier molecular flexibility index (Phi) is 4.44. The van der Waals surface area contributed by atoms with Crippen LogP contribution in [0, 0.1) is 0 Å². The van der Waals surface area contributed by atoms with Gasteiger partial charge in [-0.05, 0) is 28.1 Å². The summed E-state index contributed by atoms with van der Waals surface area (Å²) in [7, 11) is 0.980. The number of nitrogens with zero attached hydrogens (tertiary/aromatic N) is 3. The van der Waals surface area contributed by atoms with Crippen LogP contribution >= 0.6 is 15.9 Å². The van der Waals surface area contributed by atoms with Gasteiger partial charge in [-0.15, -0.1) is 5.10 Å². The second-order valence-corrected chi connectivity index (χ2v) is 5.03. The zero-order valence-electron chi connectivity index (χ0n) is 11.1. The van der Waals surface area contributed by atoms with Crippen molar-refractivity contribution in [2.75, 3.05) is 6.54 Å².